The van der Waals surface area contributed by atoms with Crippen LogP contribution < -0.4 is 20.1 Å². The second-order valence-electron chi connectivity index (χ2n) is 7.06. The van der Waals surface area contributed by atoms with Gasteiger partial charge in [0.1, 0.15) is 23.7 Å². The van der Waals surface area contributed by atoms with Crippen molar-refractivity contribution in [3.63, 3.8) is 0 Å². The number of ether oxygens (including phenoxy) is 1. The van der Waals surface area contributed by atoms with Gasteiger partial charge in [0, 0.05) is 16.8 Å². The Morgan fingerprint density at radius 1 is 1.05 bits per heavy atom. The average molecular weight is 562 g/mol. The lowest BCUT2D eigenvalue weighted by molar-refractivity contribution is -0.192. The maximum Gasteiger partial charge on any atom is 0.490 e. The number of benzene rings is 2. The van der Waals surface area contributed by atoms with Gasteiger partial charge in [0.05, 0.1) is 17.2 Å². The molecule has 0 aliphatic carbocycles. The molecule has 0 amide bonds. The number of nitrogens with one attached hydrogen (secondary N) is 3. The fourth-order valence-electron chi connectivity index (χ4n) is 2.54. The maximum atomic E-state index is 12.2. The van der Waals surface area contributed by atoms with E-state index < -0.39 is 22.2 Å². The van der Waals surface area contributed by atoms with Crippen LogP contribution in [0.4, 0.5) is 36.2 Å². The highest BCUT2D eigenvalue weighted by molar-refractivity contribution is 7.89. The average Bonchev–Trinajstić information content (AvgIpc) is 2.84. The molecular formula is C22H23ClF3N5O5S. The first-order chi connectivity index (χ1) is 17.4. The Morgan fingerprint density at radius 3 is 2.19 bits per heavy atom. The zero-order valence-corrected chi connectivity index (χ0v) is 21.1. The molecule has 0 spiro atoms. The van der Waals surface area contributed by atoms with Crippen molar-refractivity contribution < 1.29 is 36.2 Å². The maximum absolute atomic E-state index is 12.2. The summed E-state index contributed by atoms with van der Waals surface area (Å²) in [5.41, 5.74) is 1.30. The van der Waals surface area contributed by atoms with E-state index in [0.717, 1.165) is 12.1 Å². The van der Waals surface area contributed by atoms with E-state index in [-0.39, 0.29) is 4.90 Å². The number of rotatable bonds is 9. The van der Waals surface area contributed by atoms with Crippen LogP contribution in [0.3, 0.4) is 0 Å². The molecule has 2 aromatic carbocycles. The molecule has 15 heteroatoms. The zero-order chi connectivity index (χ0) is 27.6. The molecule has 0 atom stereocenters. The Labute approximate surface area is 215 Å². The molecular weight excluding hydrogens is 539 g/mol. The van der Waals surface area contributed by atoms with Gasteiger partial charge in [0.15, 0.2) is 0 Å². The Bertz CT molecular complexity index is 1310. The highest BCUT2D eigenvalue weighted by Gasteiger charge is 2.38. The molecule has 0 saturated heterocycles. The summed E-state index contributed by atoms with van der Waals surface area (Å²) in [6, 6.07) is 13.5. The summed E-state index contributed by atoms with van der Waals surface area (Å²) >= 11 is 5.91. The fourth-order valence-corrected chi connectivity index (χ4v) is 3.42. The summed E-state index contributed by atoms with van der Waals surface area (Å²) < 4.78 is 64.2. The lowest BCUT2D eigenvalue weighted by Crippen LogP contribution is -2.21. The van der Waals surface area contributed by atoms with Crippen LogP contribution >= 0.6 is 11.6 Å². The van der Waals surface area contributed by atoms with Gasteiger partial charge in [-0.25, -0.2) is 27.9 Å². The van der Waals surface area contributed by atoms with Crippen LogP contribution in [0.5, 0.6) is 5.75 Å². The number of nitrogens with zero attached hydrogens (tertiary/aromatic N) is 2. The third kappa shape index (κ3) is 9.40. The van der Waals surface area contributed by atoms with Gasteiger partial charge in [-0.05, 0) is 55.9 Å². The zero-order valence-electron chi connectivity index (χ0n) is 19.5. The topological polar surface area (TPSA) is 143 Å². The summed E-state index contributed by atoms with van der Waals surface area (Å²) in [5, 5.41) is 14.1. The molecule has 4 N–H and O–H groups in total. The highest BCUT2D eigenvalue weighted by Crippen LogP contribution is 2.31. The van der Waals surface area contributed by atoms with Crippen molar-refractivity contribution in [3.05, 3.63) is 59.9 Å². The number of alkyl halides is 3. The number of carboxylic acid groups (broad SMARTS) is 1. The number of carbonyl (C=O) groups is 1. The van der Waals surface area contributed by atoms with Crippen molar-refractivity contribution >= 4 is 50.6 Å². The largest absolute Gasteiger partial charge is 0.491 e. The highest BCUT2D eigenvalue weighted by atomic mass is 35.5. The Balaban J connectivity index is 0.000000604. The minimum atomic E-state index is -5.08. The number of aliphatic carboxylic acids is 1. The molecule has 0 unspecified atom stereocenters. The third-order valence-electron chi connectivity index (χ3n) is 4.28. The summed E-state index contributed by atoms with van der Waals surface area (Å²) in [7, 11) is -2.24. The van der Waals surface area contributed by atoms with Gasteiger partial charge in [-0.1, -0.05) is 18.5 Å². The number of hydrogen-bond acceptors (Lipinski definition) is 8. The van der Waals surface area contributed by atoms with Crippen molar-refractivity contribution in [1.29, 1.82) is 0 Å². The standard InChI is InChI=1S/C20H22ClN5O3S.C2HF3O2/c1-3-10-29-18-9-8-16(30(27,28)22-2)11-17(18)26-20-12-19(23-13-24-20)25-15-6-4-14(21)5-7-15;3-2(4,5)1(6)7/h4-9,11-13,22H,3,10H2,1-2H3,(H2,23,24,25,26);(H,6,7). The fraction of sp³-hybridized carbons (Fsp3) is 0.227. The van der Waals surface area contributed by atoms with Crippen LogP contribution in [-0.2, 0) is 14.8 Å². The van der Waals surface area contributed by atoms with Crippen molar-refractivity contribution in [3.8, 4) is 5.75 Å². The monoisotopic (exact) mass is 561 g/mol. The number of hydrogen-bond donors (Lipinski definition) is 4. The summed E-state index contributed by atoms with van der Waals surface area (Å²) in [6.07, 6.45) is -2.86. The molecule has 0 bridgehead atoms. The first kappa shape index (κ1) is 29.6. The molecule has 0 saturated carbocycles. The van der Waals surface area contributed by atoms with Crippen LogP contribution in [0.15, 0.2) is 59.8 Å². The van der Waals surface area contributed by atoms with Crippen LogP contribution in [-0.4, -0.2) is 49.3 Å². The van der Waals surface area contributed by atoms with Crippen molar-refractivity contribution in [1.82, 2.24) is 14.7 Å². The molecule has 0 radical (unpaired) electrons. The van der Waals surface area contributed by atoms with Crippen molar-refractivity contribution in [2.45, 2.75) is 24.4 Å². The molecule has 10 nitrogen and oxygen atoms in total. The summed E-state index contributed by atoms with van der Waals surface area (Å²) in [6.45, 7) is 2.49. The third-order valence-corrected chi connectivity index (χ3v) is 5.94. The van der Waals surface area contributed by atoms with E-state index in [0.29, 0.717) is 34.7 Å². The number of aromatic nitrogens is 2. The number of sulfonamides is 1. The smallest absolute Gasteiger partial charge is 0.490 e. The van der Waals surface area contributed by atoms with Gasteiger partial charge in [-0.2, -0.15) is 13.2 Å². The van der Waals surface area contributed by atoms with E-state index in [2.05, 4.69) is 25.3 Å². The normalized spacial score (nSPS) is 11.2. The number of carboxylic acids is 1. The van der Waals surface area contributed by atoms with E-state index in [1.807, 2.05) is 19.1 Å². The van der Waals surface area contributed by atoms with Gasteiger partial charge < -0.3 is 20.5 Å². The summed E-state index contributed by atoms with van der Waals surface area (Å²) in [4.78, 5) is 17.4. The summed E-state index contributed by atoms with van der Waals surface area (Å²) in [5.74, 6) is -1.20. The van der Waals surface area contributed by atoms with Crippen LogP contribution in [0.2, 0.25) is 5.02 Å². The molecule has 1 aromatic heterocycles. The first-order valence-electron chi connectivity index (χ1n) is 10.5. The SMILES string of the molecule is CCCOc1ccc(S(=O)(=O)NC)cc1Nc1cc(Nc2ccc(Cl)cc2)ncn1.O=C(O)C(F)(F)F. The predicted octanol–water partition coefficient (Wildman–Crippen LogP) is 4.95. The van der Waals surface area contributed by atoms with Crippen LogP contribution in [0, 0.1) is 0 Å². The van der Waals surface area contributed by atoms with Crippen LogP contribution in [0.1, 0.15) is 13.3 Å². The van der Waals surface area contributed by atoms with Gasteiger partial charge >= 0.3 is 12.1 Å². The molecule has 37 heavy (non-hydrogen) atoms. The number of halogens is 4. The van der Waals surface area contributed by atoms with E-state index in [1.165, 1.54) is 25.5 Å². The van der Waals surface area contributed by atoms with Gasteiger partial charge in [-0.3, -0.25) is 0 Å². The quantitative estimate of drug-likeness (QED) is 0.285. The molecule has 0 aliphatic heterocycles. The molecule has 3 rings (SSSR count). The van der Waals surface area contributed by atoms with Crippen molar-refractivity contribution in [2.75, 3.05) is 24.3 Å². The molecule has 200 valence electrons. The lowest BCUT2D eigenvalue weighted by Gasteiger charge is -2.15. The Hall–Kier alpha value is -3.62. The number of anilines is 4. The van der Waals surface area contributed by atoms with Gasteiger partial charge in [0.25, 0.3) is 0 Å². The second-order valence-corrected chi connectivity index (χ2v) is 9.39. The van der Waals surface area contributed by atoms with E-state index >= 15 is 0 Å². The molecule has 0 fully saturated rings. The Kier molecular flexibility index (Phi) is 10.5. The lowest BCUT2D eigenvalue weighted by atomic mass is 10.3. The van der Waals surface area contributed by atoms with Gasteiger partial charge in [-0.15, -0.1) is 0 Å². The van der Waals surface area contributed by atoms with E-state index in [1.54, 1.807) is 24.3 Å². The second kappa shape index (κ2) is 13.1. The van der Waals surface area contributed by atoms with E-state index in [4.69, 9.17) is 26.2 Å². The van der Waals surface area contributed by atoms with Gasteiger partial charge in [0.2, 0.25) is 10.0 Å². The molecule has 0 aliphatic rings. The molecule has 3 aromatic rings. The Morgan fingerprint density at radius 2 is 1.65 bits per heavy atom. The van der Waals surface area contributed by atoms with E-state index in [9.17, 15) is 21.6 Å². The first-order valence-corrected chi connectivity index (χ1v) is 12.3. The molecule has 1 heterocycles. The minimum absolute atomic E-state index is 0.116. The van der Waals surface area contributed by atoms with Crippen LogP contribution in [0.25, 0.3) is 0 Å². The minimum Gasteiger partial charge on any atom is -0.491 e. The van der Waals surface area contributed by atoms with Crippen molar-refractivity contribution in [2.24, 2.45) is 0 Å². The predicted molar refractivity (Wildman–Crippen MR) is 132 cm³/mol.